The highest BCUT2D eigenvalue weighted by Crippen LogP contribution is 2.33. The number of para-hydroxylation sites is 1. The van der Waals surface area contributed by atoms with Crippen LogP contribution in [0.15, 0.2) is 107 Å². The van der Waals surface area contributed by atoms with Crippen molar-refractivity contribution in [2.45, 2.75) is 19.4 Å². The second kappa shape index (κ2) is 13.0. The van der Waals surface area contributed by atoms with Crippen molar-refractivity contribution in [1.29, 1.82) is 0 Å². The van der Waals surface area contributed by atoms with Crippen LogP contribution < -0.4 is 10.1 Å². The van der Waals surface area contributed by atoms with Crippen LogP contribution in [0.25, 0.3) is 5.70 Å². The Hall–Kier alpha value is -5.22. The average Bonchev–Trinajstić information content (AvgIpc) is 2.97. The molecule has 5 rings (SSSR count). The molecule has 2 aliphatic heterocycles. The zero-order valence-electron chi connectivity index (χ0n) is 21.6. The Labute approximate surface area is 230 Å². The van der Waals surface area contributed by atoms with Gasteiger partial charge in [0.1, 0.15) is 23.3 Å². The van der Waals surface area contributed by atoms with Crippen molar-refractivity contribution in [3.63, 3.8) is 0 Å². The van der Waals surface area contributed by atoms with E-state index in [2.05, 4.69) is 6.08 Å². The number of aliphatic hydroxyl groups is 1. The van der Waals surface area contributed by atoms with Crippen LogP contribution in [0.4, 0.5) is 0 Å². The molecule has 1 amide bonds. The summed E-state index contributed by atoms with van der Waals surface area (Å²) >= 11 is 0. The van der Waals surface area contributed by atoms with E-state index in [1.807, 2.05) is 90.1 Å². The summed E-state index contributed by atoms with van der Waals surface area (Å²) in [7, 11) is 0. The summed E-state index contributed by atoms with van der Waals surface area (Å²) in [5.41, 5.74) is 4.75. The molecule has 1 atom stereocenters. The van der Waals surface area contributed by atoms with Crippen molar-refractivity contribution >= 4 is 29.5 Å². The van der Waals surface area contributed by atoms with Gasteiger partial charge in [0.25, 0.3) is 0 Å². The van der Waals surface area contributed by atoms with E-state index in [4.69, 9.17) is 25.0 Å². The van der Waals surface area contributed by atoms with Crippen LogP contribution >= 0.6 is 0 Å². The molecule has 40 heavy (non-hydrogen) atoms. The van der Waals surface area contributed by atoms with Gasteiger partial charge < -0.3 is 25.4 Å². The number of phenolic OH excluding ortho intramolecular Hbond substituents is 1. The SMILES string of the molecule is CC1=NN2C(=CC1)N=C(c1ccc(O)cc1)C=C2c1ccc(Oc2ccccc2)cc1.O=CNC(CO)C(=O)O. The maximum atomic E-state index is 9.94. The first-order chi connectivity index (χ1) is 19.4. The molecule has 0 aromatic heterocycles. The maximum absolute atomic E-state index is 9.94. The number of nitrogens with zero attached hydrogens (tertiary/aromatic N) is 3. The lowest BCUT2D eigenvalue weighted by molar-refractivity contribution is -0.141. The number of carboxylic acid groups (broad SMARTS) is 1. The van der Waals surface area contributed by atoms with Gasteiger partial charge in [-0.15, -0.1) is 0 Å². The third-order valence-corrected chi connectivity index (χ3v) is 5.85. The molecule has 10 nitrogen and oxygen atoms in total. The normalized spacial score (nSPS) is 14.6. The fourth-order valence-corrected chi connectivity index (χ4v) is 3.79. The number of aliphatic hydroxyl groups excluding tert-OH is 1. The summed E-state index contributed by atoms with van der Waals surface area (Å²) in [6.45, 7) is 1.43. The summed E-state index contributed by atoms with van der Waals surface area (Å²) < 4.78 is 5.93. The Bertz CT molecular complexity index is 1460. The number of hydrazone groups is 1. The Morgan fingerprint density at radius 1 is 1.02 bits per heavy atom. The van der Waals surface area contributed by atoms with Gasteiger partial charge in [-0.25, -0.2) is 14.8 Å². The second-order valence-electron chi connectivity index (χ2n) is 8.78. The van der Waals surface area contributed by atoms with Gasteiger partial charge in [0, 0.05) is 23.3 Å². The topological polar surface area (TPSA) is 144 Å². The number of carbonyl (C=O) groups excluding carboxylic acids is 1. The summed E-state index contributed by atoms with van der Waals surface area (Å²) in [6, 6.07) is 23.6. The molecule has 0 fully saturated rings. The van der Waals surface area contributed by atoms with Crippen LogP contribution in [0, 0.1) is 0 Å². The van der Waals surface area contributed by atoms with Crippen LogP contribution in [-0.4, -0.2) is 56.8 Å². The monoisotopic (exact) mass is 540 g/mol. The summed E-state index contributed by atoms with van der Waals surface area (Å²) in [5, 5.41) is 34.5. The van der Waals surface area contributed by atoms with Crippen molar-refractivity contribution in [2.75, 3.05) is 6.61 Å². The number of hydrogen-bond acceptors (Lipinski definition) is 8. The fourth-order valence-electron chi connectivity index (χ4n) is 3.79. The summed E-state index contributed by atoms with van der Waals surface area (Å²) in [6.07, 6.45) is 5.12. The molecule has 204 valence electrons. The minimum atomic E-state index is -1.25. The highest BCUT2D eigenvalue weighted by molar-refractivity contribution is 6.13. The zero-order valence-corrected chi connectivity index (χ0v) is 21.6. The van der Waals surface area contributed by atoms with Gasteiger partial charge in [-0.1, -0.05) is 18.2 Å². The molecule has 0 saturated heterocycles. The van der Waals surface area contributed by atoms with Crippen LogP contribution in [0.5, 0.6) is 17.2 Å². The number of phenols is 1. The van der Waals surface area contributed by atoms with E-state index >= 15 is 0 Å². The van der Waals surface area contributed by atoms with Gasteiger partial charge in [-0.2, -0.15) is 5.10 Å². The van der Waals surface area contributed by atoms with E-state index in [9.17, 15) is 14.7 Å². The predicted octanol–water partition coefficient (Wildman–Crippen LogP) is 4.13. The Morgan fingerprint density at radius 3 is 2.27 bits per heavy atom. The molecule has 0 aliphatic carbocycles. The van der Waals surface area contributed by atoms with E-state index in [-0.39, 0.29) is 12.2 Å². The number of fused-ring (bicyclic) bond motifs is 1. The largest absolute Gasteiger partial charge is 0.508 e. The summed E-state index contributed by atoms with van der Waals surface area (Å²) in [4.78, 5) is 24.3. The van der Waals surface area contributed by atoms with E-state index in [1.165, 1.54) is 0 Å². The number of aliphatic imine (C=N–C) groups is 1. The number of rotatable bonds is 8. The highest BCUT2D eigenvalue weighted by Gasteiger charge is 2.24. The van der Waals surface area contributed by atoms with Gasteiger partial charge in [-0.05, 0) is 79.7 Å². The summed E-state index contributed by atoms with van der Waals surface area (Å²) in [5.74, 6) is 1.36. The van der Waals surface area contributed by atoms with Crippen molar-refractivity contribution in [3.8, 4) is 17.2 Å². The third kappa shape index (κ3) is 7.00. The molecule has 2 heterocycles. The molecule has 0 saturated carbocycles. The van der Waals surface area contributed by atoms with Crippen molar-refractivity contribution < 1.29 is 29.6 Å². The van der Waals surface area contributed by atoms with Gasteiger partial charge in [0.05, 0.1) is 18.0 Å². The number of carboxylic acids is 1. The Kier molecular flexibility index (Phi) is 9.06. The Morgan fingerprint density at radius 2 is 1.68 bits per heavy atom. The lowest BCUT2D eigenvalue weighted by atomic mass is 10.0. The van der Waals surface area contributed by atoms with E-state index in [1.54, 1.807) is 12.1 Å². The first-order valence-corrected chi connectivity index (χ1v) is 12.4. The molecule has 10 heteroatoms. The number of nitrogens with one attached hydrogen (secondary N) is 1. The number of ether oxygens (including phenoxy) is 1. The molecule has 2 aliphatic rings. The molecule has 1 unspecified atom stereocenters. The standard InChI is InChI=1S/C26H21N3O2.C4H7NO4/c1-18-7-16-26-27-24(19-8-12-21(30)13-9-19)17-25(29(26)28-18)20-10-14-23(15-11-20)31-22-5-3-2-4-6-22;6-1-3(4(8)9)5-2-7/h2-6,8-17,30H,7H2,1H3;2-3,6H,1H2,(H,5,7)(H,8,9). The number of allylic oxidation sites excluding steroid dienone is 2. The van der Waals surface area contributed by atoms with Crippen LogP contribution in [0.1, 0.15) is 24.5 Å². The minimum Gasteiger partial charge on any atom is -0.508 e. The van der Waals surface area contributed by atoms with E-state index < -0.39 is 18.6 Å². The molecule has 3 aromatic carbocycles. The van der Waals surface area contributed by atoms with E-state index in [0.29, 0.717) is 0 Å². The van der Waals surface area contributed by atoms with Gasteiger partial charge in [0.2, 0.25) is 6.41 Å². The molecule has 3 aromatic rings. The zero-order chi connectivity index (χ0) is 28.5. The maximum Gasteiger partial charge on any atom is 0.328 e. The second-order valence-corrected chi connectivity index (χ2v) is 8.78. The van der Waals surface area contributed by atoms with Crippen molar-refractivity contribution in [2.24, 2.45) is 10.1 Å². The molecule has 0 radical (unpaired) electrons. The smallest absolute Gasteiger partial charge is 0.328 e. The number of hydrogen-bond donors (Lipinski definition) is 4. The van der Waals surface area contributed by atoms with Crippen molar-refractivity contribution in [1.82, 2.24) is 10.3 Å². The lowest BCUT2D eigenvalue weighted by Gasteiger charge is -2.30. The lowest BCUT2D eigenvalue weighted by Crippen LogP contribution is -2.38. The van der Waals surface area contributed by atoms with Crippen molar-refractivity contribution in [3.05, 3.63) is 108 Å². The average molecular weight is 541 g/mol. The first kappa shape index (κ1) is 27.8. The number of carbonyl (C=O) groups is 2. The molecular weight excluding hydrogens is 512 g/mol. The number of aliphatic carboxylic acids is 1. The number of amides is 1. The predicted molar refractivity (Wildman–Crippen MR) is 151 cm³/mol. The third-order valence-electron chi connectivity index (χ3n) is 5.85. The van der Waals surface area contributed by atoms with E-state index in [0.717, 1.165) is 52.0 Å². The highest BCUT2D eigenvalue weighted by atomic mass is 16.5. The molecular formula is C30H28N4O6. The molecule has 4 N–H and O–H groups in total. The van der Waals surface area contributed by atoms with Crippen LogP contribution in [0.2, 0.25) is 0 Å². The van der Waals surface area contributed by atoms with Gasteiger partial charge in [-0.3, -0.25) is 4.79 Å². The van der Waals surface area contributed by atoms with Gasteiger partial charge >= 0.3 is 5.97 Å². The van der Waals surface area contributed by atoms with Crippen LogP contribution in [-0.2, 0) is 9.59 Å². The molecule has 0 spiro atoms. The minimum absolute atomic E-state index is 0.231. The fraction of sp³-hybridized carbons (Fsp3) is 0.133. The first-order valence-electron chi connectivity index (χ1n) is 12.4. The number of aromatic hydroxyl groups is 1. The Balaban J connectivity index is 0.000000357. The molecule has 0 bridgehead atoms. The quantitative estimate of drug-likeness (QED) is 0.315. The number of benzene rings is 3. The van der Waals surface area contributed by atoms with Gasteiger partial charge in [0.15, 0.2) is 5.82 Å². The van der Waals surface area contributed by atoms with Crippen LogP contribution in [0.3, 0.4) is 0 Å².